The summed E-state index contributed by atoms with van der Waals surface area (Å²) in [6, 6.07) is 0. The Labute approximate surface area is 90.8 Å². The maximum atomic E-state index is 11.2. The molecule has 1 unspecified atom stereocenters. The maximum Gasteiger partial charge on any atom is 0.157 e. The third-order valence-electron chi connectivity index (χ3n) is 3.42. The molecule has 15 heavy (non-hydrogen) atoms. The Hall–Kier alpha value is -0.830. The molecule has 1 fully saturated rings. The second-order valence-electron chi connectivity index (χ2n) is 4.57. The Morgan fingerprint density at radius 3 is 3.00 bits per heavy atom. The first kappa shape index (κ1) is 10.7. The number of rotatable bonds is 3. The molecule has 0 bridgehead atoms. The first-order valence-electron chi connectivity index (χ1n) is 5.89. The normalized spacial score (nSPS) is 27.0. The summed E-state index contributed by atoms with van der Waals surface area (Å²) in [5.74, 6) is 0.884. The van der Waals surface area contributed by atoms with Gasteiger partial charge in [-0.05, 0) is 31.6 Å². The van der Waals surface area contributed by atoms with Gasteiger partial charge in [0.2, 0.25) is 0 Å². The van der Waals surface area contributed by atoms with E-state index >= 15 is 0 Å². The third kappa shape index (κ3) is 2.59. The lowest BCUT2D eigenvalue weighted by molar-refractivity contribution is -0.114. The fourth-order valence-electron chi connectivity index (χ4n) is 2.57. The van der Waals surface area contributed by atoms with Crippen molar-refractivity contribution in [1.29, 1.82) is 0 Å². The zero-order chi connectivity index (χ0) is 10.7. The molecule has 2 rings (SSSR count). The Balaban J connectivity index is 1.92. The van der Waals surface area contributed by atoms with Crippen LogP contribution in [0.25, 0.3) is 0 Å². The molecule has 0 amide bonds. The molecule has 3 heteroatoms. The highest BCUT2D eigenvalue weighted by Gasteiger charge is 2.23. The van der Waals surface area contributed by atoms with Gasteiger partial charge < -0.3 is 10.0 Å². The zero-order valence-electron chi connectivity index (χ0n) is 9.11. The summed E-state index contributed by atoms with van der Waals surface area (Å²) in [5.41, 5.74) is 1.22. The fourth-order valence-corrected chi connectivity index (χ4v) is 2.57. The van der Waals surface area contributed by atoms with Crippen LogP contribution < -0.4 is 0 Å². The van der Waals surface area contributed by atoms with E-state index in [2.05, 4.69) is 4.90 Å². The molecule has 1 atom stereocenters. The van der Waals surface area contributed by atoms with E-state index in [1.54, 1.807) is 6.08 Å². The summed E-state index contributed by atoms with van der Waals surface area (Å²) in [5, 5.41) is 8.92. The molecule has 3 nitrogen and oxygen atoms in total. The molecule has 0 saturated carbocycles. The molecule has 1 N–H and O–H groups in total. The summed E-state index contributed by atoms with van der Waals surface area (Å²) >= 11 is 0. The fraction of sp³-hybridized carbons (Fsp3) is 0.750. The van der Waals surface area contributed by atoms with E-state index < -0.39 is 0 Å². The standard InChI is InChI=1S/C12H19NO2/c14-7-5-10-2-1-6-13(9-10)11-3-4-12(15)8-11/h8,10,14H,1-7,9H2. The average Bonchev–Trinajstić information content (AvgIpc) is 2.66. The van der Waals surface area contributed by atoms with Crippen LogP contribution in [0, 0.1) is 5.92 Å². The van der Waals surface area contributed by atoms with Gasteiger partial charge in [-0.1, -0.05) is 0 Å². The average molecular weight is 209 g/mol. The van der Waals surface area contributed by atoms with Crippen molar-refractivity contribution in [1.82, 2.24) is 4.90 Å². The van der Waals surface area contributed by atoms with Gasteiger partial charge in [0.15, 0.2) is 5.78 Å². The minimum atomic E-state index is 0.272. The van der Waals surface area contributed by atoms with Crippen LogP contribution in [-0.4, -0.2) is 35.5 Å². The van der Waals surface area contributed by atoms with Crippen molar-refractivity contribution in [3.05, 3.63) is 11.8 Å². The number of carbonyl (C=O) groups is 1. The highest BCUT2D eigenvalue weighted by molar-refractivity contribution is 5.92. The van der Waals surface area contributed by atoms with E-state index in [-0.39, 0.29) is 12.4 Å². The first-order chi connectivity index (χ1) is 7.29. The monoisotopic (exact) mass is 209 g/mol. The molecule has 1 aliphatic carbocycles. The summed E-state index contributed by atoms with van der Waals surface area (Å²) in [7, 11) is 0. The van der Waals surface area contributed by atoms with Crippen LogP contribution in [0.15, 0.2) is 11.8 Å². The zero-order valence-corrected chi connectivity index (χ0v) is 9.11. The van der Waals surface area contributed by atoms with Gasteiger partial charge in [0, 0.05) is 37.9 Å². The Morgan fingerprint density at radius 1 is 1.47 bits per heavy atom. The van der Waals surface area contributed by atoms with Gasteiger partial charge >= 0.3 is 0 Å². The van der Waals surface area contributed by atoms with Crippen LogP contribution in [0.4, 0.5) is 0 Å². The third-order valence-corrected chi connectivity index (χ3v) is 3.42. The van der Waals surface area contributed by atoms with Gasteiger partial charge in [0.25, 0.3) is 0 Å². The second kappa shape index (κ2) is 4.79. The predicted molar refractivity (Wildman–Crippen MR) is 58.3 cm³/mol. The highest BCUT2D eigenvalue weighted by Crippen LogP contribution is 2.26. The minimum absolute atomic E-state index is 0.272. The van der Waals surface area contributed by atoms with Crippen LogP contribution in [0.5, 0.6) is 0 Å². The quantitative estimate of drug-likeness (QED) is 0.762. The molecular formula is C12H19NO2. The molecule has 1 heterocycles. The van der Waals surface area contributed by atoms with Crippen molar-refractivity contribution < 1.29 is 9.90 Å². The number of piperidine rings is 1. The lowest BCUT2D eigenvalue weighted by atomic mass is 9.95. The van der Waals surface area contributed by atoms with Crippen LogP contribution in [0.2, 0.25) is 0 Å². The van der Waals surface area contributed by atoms with Crippen LogP contribution >= 0.6 is 0 Å². The summed E-state index contributed by atoms with van der Waals surface area (Å²) in [6.07, 6.45) is 6.73. The number of ketones is 1. The van der Waals surface area contributed by atoms with Gasteiger partial charge in [-0.25, -0.2) is 0 Å². The second-order valence-corrected chi connectivity index (χ2v) is 4.57. The molecule has 0 spiro atoms. The van der Waals surface area contributed by atoms with Crippen molar-refractivity contribution in [2.24, 2.45) is 5.92 Å². The molecule has 1 saturated heterocycles. The molecule has 84 valence electrons. The van der Waals surface area contributed by atoms with E-state index in [1.165, 1.54) is 18.5 Å². The number of carbonyl (C=O) groups excluding carboxylic acids is 1. The number of likely N-dealkylation sites (tertiary alicyclic amines) is 1. The summed E-state index contributed by atoms with van der Waals surface area (Å²) in [4.78, 5) is 13.5. The Morgan fingerprint density at radius 2 is 2.33 bits per heavy atom. The SMILES string of the molecule is O=C1C=C(N2CCCC(CCO)C2)CC1. The van der Waals surface area contributed by atoms with Crippen LogP contribution in [0.1, 0.15) is 32.1 Å². The molecule has 0 aromatic heterocycles. The number of aliphatic hydroxyl groups excluding tert-OH is 1. The summed E-state index contributed by atoms with van der Waals surface area (Å²) in [6.45, 7) is 2.40. The lowest BCUT2D eigenvalue weighted by Gasteiger charge is -2.35. The molecular weight excluding hydrogens is 190 g/mol. The number of allylic oxidation sites excluding steroid dienone is 2. The molecule has 2 aliphatic rings. The van der Waals surface area contributed by atoms with Crippen LogP contribution in [0.3, 0.4) is 0 Å². The number of hydrogen-bond acceptors (Lipinski definition) is 3. The number of aliphatic hydroxyl groups is 1. The van der Waals surface area contributed by atoms with Gasteiger partial charge in [-0.15, -0.1) is 0 Å². The number of hydrogen-bond donors (Lipinski definition) is 1. The molecule has 1 aliphatic heterocycles. The van der Waals surface area contributed by atoms with Crippen LogP contribution in [-0.2, 0) is 4.79 Å². The van der Waals surface area contributed by atoms with E-state index in [4.69, 9.17) is 5.11 Å². The van der Waals surface area contributed by atoms with E-state index in [0.717, 1.165) is 25.9 Å². The Bertz CT molecular complexity index is 271. The maximum absolute atomic E-state index is 11.2. The summed E-state index contributed by atoms with van der Waals surface area (Å²) < 4.78 is 0. The van der Waals surface area contributed by atoms with Crippen molar-refractivity contribution in [3.8, 4) is 0 Å². The van der Waals surface area contributed by atoms with E-state index in [0.29, 0.717) is 12.3 Å². The van der Waals surface area contributed by atoms with E-state index in [9.17, 15) is 4.79 Å². The topological polar surface area (TPSA) is 40.5 Å². The van der Waals surface area contributed by atoms with Crippen molar-refractivity contribution in [3.63, 3.8) is 0 Å². The lowest BCUT2D eigenvalue weighted by Crippen LogP contribution is -2.34. The highest BCUT2D eigenvalue weighted by atomic mass is 16.3. The predicted octanol–water partition coefficient (Wildman–Crippen LogP) is 1.33. The van der Waals surface area contributed by atoms with E-state index in [1.807, 2.05) is 0 Å². The van der Waals surface area contributed by atoms with Crippen molar-refractivity contribution in [2.75, 3.05) is 19.7 Å². The van der Waals surface area contributed by atoms with Gasteiger partial charge in [0.05, 0.1) is 0 Å². The molecule has 0 aromatic carbocycles. The molecule has 0 aromatic rings. The van der Waals surface area contributed by atoms with Gasteiger partial charge in [0.1, 0.15) is 0 Å². The Kier molecular flexibility index (Phi) is 3.41. The van der Waals surface area contributed by atoms with Gasteiger partial charge in [-0.3, -0.25) is 4.79 Å². The first-order valence-corrected chi connectivity index (χ1v) is 5.89. The largest absolute Gasteiger partial charge is 0.396 e. The number of nitrogens with zero attached hydrogens (tertiary/aromatic N) is 1. The van der Waals surface area contributed by atoms with Gasteiger partial charge in [-0.2, -0.15) is 0 Å². The van der Waals surface area contributed by atoms with Crippen molar-refractivity contribution in [2.45, 2.75) is 32.1 Å². The van der Waals surface area contributed by atoms with Crippen molar-refractivity contribution >= 4 is 5.78 Å². The molecule has 0 radical (unpaired) electrons. The smallest absolute Gasteiger partial charge is 0.157 e. The minimum Gasteiger partial charge on any atom is -0.396 e.